The minimum atomic E-state index is -3.18. The number of likely N-dealkylation sites (tertiary alicyclic amines) is 1. The second-order valence-electron chi connectivity index (χ2n) is 6.71. The number of sulfone groups is 1. The minimum absolute atomic E-state index is 0. The Bertz CT molecular complexity index is 727. The van der Waals surface area contributed by atoms with E-state index in [0.717, 1.165) is 26.1 Å². The first-order chi connectivity index (χ1) is 11.8. The lowest BCUT2D eigenvalue weighted by molar-refractivity contribution is 0.394. The Morgan fingerprint density at radius 2 is 2.08 bits per heavy atom. The lowest BCUT2D eigenvalue weighted by Gasteiger charge is -2.16. The molecule has 0 bridgehead atoms. The van der Waals surface area contributed by atoms with Gasteiger partial charge in [0, 0.05) is 32.9 Å². The molecule has 0 aromatic heterocycles. The molecule has 0 spiro atoms. The highest BCUT2D eigenvalue weighted by atomic mass is 127. The summed E-state index contributed by atoms with van der Waals surface area (Å²) in [6.07, 6.45) is 2.33. The van der Waals surface area contributed by atoms with Crippen LogP contribution in [0.2, 0.25) is 0 Å². The fourth-order valence-electron chi connectivity index (χ4n) is 3.02. The van der Waals surface area contributed by atoms with Crippen molar-refractivity contribution >= 4 is 39.8 Å². The number of halogens is 2. The van der Waals surface area contributed by atoms with E-state index < -0.39 is 9.84 Å². The van der Waals surface area contributed by atoms with Gasteiger partial charge in [0.1, 0.15) is 5.82 Å². The number of hydrogen-bond acceptors (Lipinski definition) is 4. The molecule has 148 valence electrons. The number of hydrogen-bond donors (Lipinski definition) is 2. The molecule has 0 aliphatic carbocycles. The summed E-state index contributed by atoms with van der Waals surface area (Å²) < 4.78 is 36.7. The Kier molecular flexibility index (Phi) is 9.25. The van der Waals surface area contributed by atoms with Gasteiger partial charge >= 0.3 is 0 Å². The van der Waals surface area contributed by atoms with Crippen LogP contribution in [0, 0.1) is 11.7 Å². The second-order valence-corrected chi connectivity index (χ2v) is 8.85. The van der Waals surface area contributed by atoms with Gasteiger partial charge in [-0.3, -0.25) is 4.99 Å². The van der Waals surface area contributed by atoms with Crippen molar-refractivity contribution in [3.63, 3.8) is 0 Å². The van der Waals surface area contributed by atoms with Gasteiger partial charge in [0.2, 0.25) is 0 Å². The van der Waals surface area contributed by atoms with Crippen molar-refractivity contribution < 1.29 is 12.8 Å². The third kappa shape index (κ3) is 7.75. The number of nitrogens with one attached hydrogen (secondary N) is 2. The monoisotopic (exact) mass is 498 g/mol. The van der Waals surface area contributed by atoms with Crippen molar-refractivity contribution in [2.45, 2.75) is 18.7 Å². The predicted octanol–water partition coefficient (Wildman–Crippen LogP) is 1.60. The molecular formula is C17H28FIN4O2S. The molecule has 1 saturated heterocycles. The van der Waals surface area contributed by atoms with Crippen LogP contribution in [0.15, 0.2) is 23.2 Å². The fraction of sp³-hybridized carbons (Fsp3) is 0.588. The highest BCUT2D eigenvalue weighted by Crippen LogP contribution is 2.15. The Hall–Kier alpha value is -0.940. The topological polar surface area (TPSA) is 73.8 Å². The van der Waals surface area contributed by atoms with Gasteiger partial charge in [0.05, 0.1) is 5.75 Å². The molecule has 9 heteroatoms. The first kappa shape index (κ1) is 23.1. The molecule has 1 aliphatic heterocycles. The lowest BCUT2D eigenvalue weighted by Crippen LogP contribution is -2.40. The van der Waals surface area contributed by atoms with Gasteiger partial charge in [-0.05, 0) is 49.2 Å². The first-order valence-electron chi connectivity index (χ1n) is 8.35. The molecule has 0 radical (unpaired) electrons. The van der Waals surface area contributed by atoms with Crippen molar-refractivity contribution in [2.24, 2.45) is 10.9 Å². The van der Waals surface area contributed by atoms with Gasteiger partial charge in [0.15, 0.2) is 15.8 Å². The molecule has 0 saturated carbocycles. The molecule has 1 aliphatic rings. The van der Waals surface area contributed by atoms with Crippen molar-refractivity contribution in [1.29, 1.82) is 0 Å². The average Bonchev–Trinajstić information content (AvgIpc) is 2.94. The predicted molar refractivity (Wildman–Crippen MR) is 114 cm³/mol. The van der Waals surface area contributed by atoms with Crippen LogP contribution in [0.25, 0.3) is 0 Å². The normalized spacial score (nSPS) is 18.5. The summed E-state index contributed by atoms with van der Waals surface area (Å²) in [7, 11) is 0.607. The Labute approximate surface area is 172 Å². The van der Waals surface area contributed by atoms with Gasteiger partial charge in [-0.1, -0.05) is 6.07 Å². The van der Waals surface area contributed by atoms with Crippen LogP contribution in [-0.2, 0) is 22.1 Å². The van der Waals surface area contributed by atoms with E-state index in [9.17, 15) is 12.8 Å². The van der Waals surface area contributed by atoms with E-state index in [1.54, 1.807) is 7.05 Å². The molecule has 2 rings (SSSR count). The third-order valence-corrected chi connectivity index (χ3v) is 5.14. The van der Waals surface area contributed by atoms with Crippen LogP contribution in [0.1, 0.15) is 17.5 Å². The van der Waals surface area contributed by atoms with E-state index in [1.165, 1.54) is 24.5 Å². The molecule has 26 heavy (non-hydrogen) atoms. The number of aliphatic imine (C=N–C) groups is 1. The molecule has 1 heterocycles. The highest BCUT2D eigenvalue weighted by Gasteiger charge is 2.19. The van der Waals surface area contributed by atoms with Gasteiger partial charge in [-0.15, -0.1) is 24.0 Å². The van der Waals surface area contributed by atoms with Crippen LogP contribution in [0.4, 0.5) is 4.39 Å². The van der Waals surface area contributed by atoms with E-state index in [0.29, 0.717) is 29.5 Å². The van der Waals surface area contributed by atoms with E-state index in [4.69, 9.17) is 0 Å². The lowest BCUT2D eigenvalue weighted by atomic mass is 10.1. The van der Waals surface area contributed by atoms with Crippen LogP contribution in [-0.4, -0.2) is 59.3 Å². The summed E-state index contributed by atoms with van der Waals surface area (Å²) in [5.41, 5.74) is 1.22. The summed E-state index contributed by atoms with van der Waals surface area (Å²) >= 11 is 0. The molecule has 1 fully saturated rings. The molecule has 1 aromatic rings. The zero-order chi connectivity index (χ0) is 18.4. The SMILES string of the molecule is CN=C(NCc1cc(F)ccc1CS(C)(=O)=O)NCC1CCN(C)C1.I. The van der Waals surface area contributed by atoms with Crippen LogP contribution < -0.4 is 10.6 Å². The summed E-state index contributed by atoms with van der Waals surface area (Å²) in [6, 6.07) is 4.18. The first-order valence-corrected chi connectivity index (χ1v) is 10.4. The number of guanidine groups is 1. The number of rotatable bonds is 6. The summed E-state index contributed by atoms with van der Waals surface area (Å²) in [5, 5.41) is 6.42. The maximum absolute atomic E-state index is 13.5. The molecule has 6 nitrogen and oxygen atoms in total. The molecular weight excluding hydrogens is 470 g/mol. The summed E-state index contributed by atoms with van der Waals surface area (Å²) in [5.74, 6) is 0.721. The van der Waals surface area contributed by atoms with E-state index in [1.807, 2.05) is 0 Å². The molecule has 0 amide bonds. The zero-order valence-corrected chi connectivity index (χ0v) is 18.6. The van der Waals surface area contributed by atoms with Gasteiger partial charge in [-0.2, -0.15) is 0 Å². The van der Waals surface area contributed by atoms with Crippen molar-refractivity contribution in [3.05, 3.63) is 35.1 Å². The quantitative estimate of drug-likeness (QED) is 0.354. The molecule has 1 atom stereocenters. The van der Waals surface area contributed by atoms with Crippen LogP contribution in [0.3, 0.4) is 0 Å². The van der Waals surface area contributed by atoms with E-state index in [-0.39, 0.29) is 35.5 Å². The van der Waals surface area contributed by atoms with Gasteiger partial charge < -0.3 is 15.5 Å². The molecule has 1 aromatic carbocycles. The number of benzene rings is 1. The van der Waals surface area contributed by atoms with Gasteiger partial charge in [0.25, 0.3) is 0 Å². The Balaban J connectivity index is 0.00000338. The van der Waals surface area contributed by atoms with Crippen molar-refractivity contribution in [2.75, 3.05) is 40.0 Å². The third-order valence-electron chi connectivity index (χ3n) is 4.30. The molecule has 2 N–H and O–H groups in total. The van der Waals surface area contributed by atoms with Crippen LogP contribution in [0.5, 0.6) is 0 Å². The molecule has 1 unspecified atom stereocenters. The summed E-state index contributed by atoms with van der Waals surface area (Å²) in [6.45, 7) is 3.30. The maximum atomic E-state index is 13.5. The second kappa shape index (κ2) is 10.4. The smallest absolute Gasteiger partial charge is 0.191 e. The maximum Gasteiger partial charge on any atom is 0.191 e. The standard InChI is InChI=1S/C17H27FN4O2S.HI/c1-19-17(20-9-13-6-7-22(2)11-13)21-10-15-8-16(18)5-4-14(15)12-25(3,23)24;/h4-5,8,13H,6-7,9-12H2,1-3H3,(H2,19,20,21);1H. The van der Waals surface area contributed by atoms with Crippen molar-refractivity contribution in [3.8, 4) is 0 Å². The van der Waals surface area contributed by atoms with Gasteiger partial charge in [-0.25, -0.2) is 12.8 Å². The zero-order valence-electron chi connectivity index (χ0n) is 15.5. The average molecular weight is 498 g/mol. The fourth-order valence-corrected chi connectivity index (χ4v) is 3.86. The highest BCUT2D eigenvalue weighted by molar-refractivity contribution is 14.0. The minimum Gasteiger partial charge on any atom is -0.356 e. The van der Waals surface area contributed by atoms with Crippen molar-refractivity contribution in [1.82, 2.24) is 15.5 Å². The number of nitrogens with zero attached hydrogens (tertiary/aromatic N) is 2. The largest absolute Gasteiger partial charge is 0.356 e. The van der Waals surface area contributed by atoms with Crippen LogP contribution >= 0.6 is 24.0 Å². The Morgan fingerprint density at radius 1 is 1.35 bits per heavy atom. The van der Waals surface area contributed by atoms with E-state index >= 15 is 0 Å². The summed E-state index contributed by atoms with van der Waals surface area (Å²) in [4.78, 5) is 6.48. The van der Waals surface area contributed by atoms with E-state index in [2.05, 4.69) is 27.6 Å². The Morgan fingerprint density at radius 3 is 2.65 bits per heavy atom.